The van der Waals surface area contributed by atoms with Gasteiger partial charge < -0.3 is 15.1 Å². The van der Waals surface area contributed by atoms with E-state index in [2.05, 4.69) is 104 Å². The van der Waals surface area contributed by atoms with Crippen LogP contribution in [0.1, 0.15) is 91.7 Å². The summed E-state index contributed by atoms with van der Waals surface area (Å²) in [4.78, 5) is 10.2. The summed E-state index contributed by atoms with van der Waals surface area (Å²) < 4.78 is 6.82. The summed E-state index contributed by atoms with van der Waals surface area (Å²) in [5, 5.41) is 0.789. The predicted octanol–water partition coefficient (Wildman–Crippen LogP) is 8.65. The van der Waals surface area contributed by atoms with Gasteiger partial charge in [0, 0.05) is 17.5 Å². The minimum Gasteiger partial charge on any atom is -0.442 e. The van der Waals surface area contributed by atoms with Crippen LogP contribution in [0.25, 0.3) is 0 Å². The summed E-state index contributed by atoms with van der Waals surface area (Å²) in [5.41, 5.74) is 11.6. The Morgan fingerprint density at radius 2 is 1.34 bits per heavy atom. The standard InChI is InChI=1S/C38H49ClN4O/c1-5-43(6-2)36(31-19-17-29(18-20-31)35(42(3)4)30-21-23-32(39)24-22-30)38-41-34(26-28-15-11-8-12-16-28)37(44-38)33(40)25-27-13-9-7-10-14-27/h7-16,21-24,29,31,33,35-36H,5-6,17-20,25-26,40H2,1-4H3. The van der Waals surface area contributed by atoms with Gasteiger partial charge in [-0.25, -0.2) is 4.98 Å². The second-order valence-electron chi connectivity index (χ2n) is 12.6. The molecule has 0 aliphatic heterocycles. The molecular formula is C38H49ClN4O. The fraction of sp³-hybridized carbons (Fsp3) is 0.447. The van der Waals surface area contributed by atoms with Crippen LogP contribution in [0.2, 0.25) is 5.02 Å². The third-order valence-corrected chi connectivity index (χ3v) is 9.78. The van der Waals surface area contributed by atoms with E-state index in [1.165, 1.54) is 29.5 Å². The molecule has 0 radical (unpaired) electrons. The van der Waals surface area contributed by atoms with Gasteiger partial charge in [-0.05, 0) is 99.9 Å². The number of hydrogen-bond donors (Lipinski definition) is 1. The molecule has 5 rings (SSSR count). The van der Waals surface area contributed by atoms with E-state index in [1.807, 2.05) is 18.2 Å². The number of halogens is 1. The maximum atomic E-state index is 6.90. The molecule has 1 aromatic heterocycles. The van der Waals surface area contributed by atoms with Crippen molar-refractivity contribution in [2.24, 2.45) is 17.6 Å². The molecule has 0 amide bonds. The Morgan fingerprint density at radius 1 is 0.795 bits per heavy atom. The van der Waals surface area contributed by atoms with Crippen LogP contribution in [0.4, 0.5) is 0 Å². The molecule has 1 saturated carbocycles. The normalized spacial score (nSPS) is 19.3. The maximum absolute atomic E-state index is 6.90. The Balaban J connectivity index is 1.42. The lowest BCUT2D eigenvalue weighted by Crippen LogP contribution is -2.37. The number of oxazole rings is 1. The van der Waals surface area contributed by atoms with Crippen molar-refractivity contribution in [1.29, 1.82) is 0 Å². The lowest BCUT2D eigenvalue weighted by Gasteiger charge is -2.41. The zero-order valence-electron chi connectivity index (χ0n) is 26.8. The van der Waals surface area contributed by atoms with Gasteiger partial charge in [0.2, 0.25) is 5.89 Å². The van der Waals surface area contributed by atoms with Crippen LogP contribution in [0.5, 0.6) is 0 Å². The highest BCUT2D eigenvalue weighted by Gasteiger charge is 2.38. The molecule has 234 valence electrons. The monoisotopic (exact) mass is 612 g/mol. The van der Waals surface area contributed by atoms with Crippen LogP contribution >= 0.6 is 11.6 Å². The first kappa shape index (κ1) is 32.4. The van der Waals surface area contributed by atoms with Gasteiger partial charge in [0.05, 0.1) is 17.8 Å². The molecule has 5 nitrogen and oxygen atoms in total. The highest BCUT2D eigenvalue weighted by atomic mass is 35.5. The molecule has 1 fully saturated rings. The largest absolute Gasteiger partial charge is 0.442 e. The van der Waals surface area contributed by atoms with Gasteiger partial charge in [0.25, 0.3) is 0 Å². The van der Waals surface area contributed by atoms with Crippen molar-refractivity contribution in [3.63, 3.8) is 0 Å². The van der Waals surface area contributed by atoms with Gasteiger partial charge >= 0.3 is 0 Å². The zero-order chi connectivity index (χ0) is 31.1. The minimum absolute atomic E-state index is 0.131. The molecule has 2 N–H and O–H groups in total. The van der Waals surface area contributed by atoms with Crippen molar-refractivity contribution in [3.8, 4) is 0 Å². The molecule has 44 heavy (non-hydrogen) atoms. The molecule has 0 saturated heterocycles. The predicted molar refractivity (Wildman–Crippen MR) is 182 cm³/mol. The summed E-state index contributed by atoms with van der Waals surface area (Å²) in [6.07, 6.45) is 6.06. The first-order valence-corrected chi connectivity index (χ1v) is 16.7. The van der Waals surface area contributed by atoms with Crippen LogP contribution < -0.4 is 5.73 Å². The number of nitrogens with two attached hydrogens (primary N) is 1. The van der Waals surface area contributed by atoms with Gasteiger partial charge in [-0.2, -0.15) is 0 Å². The number of hydrogen-bond acceptors (Lipinski definition) is 5. The molecule has 3 atom stereocenters. The average molecular weight is 613 g/mol. The Bertz CT molecular complexity index is 1410. The topological polar surface area (TPSA) is 58.5 Å². The Kier molecular flexibility index (Phi) is 11.3. The van der Waals surface area contributed by atoms with Crippen LogP contribution in [0.15, 0.2) is 89.3 Å². The van der Waals surface area contributed by atoms with Crippen LogP contribution in [-0.4, -0.2) is 42.0 Å². The molecular weight excluding hydrogens is 564 g/mol. The van der Waals surface area contributed by atoms with E-state index >= 15 is 0 Å². The number of benzene rings is 3. The average Bonchev–Trinajstić information content (AvgIpc) is 3.45. The quantitative estimate of drug-likeness (QED) is 0.164. The van der Waals surface area contributed by atoms with E-state index in [4.69, 9.17) is 26.7 Å². The van der Waals surface area contributed by atoms with E-state index < -0.39 is 0 Å². The molecule has 1 aliphatic rings. The summed E-state index contributed by atoms with van der Waals surface area (Å²) in [7, 11) is 4.40. The van der Waals surface area contributed by atoms with Gasteiger partial charge in [0.1, 0.15) is 5.76 Å². The molecule has 0 spiro atoms. The van der Waals surface area contributed by atoms with E-state index in [-0.39, 0.29) is 12.1 Å². The van der Waals surface area contributed by atoms with Crippen LogP contribution in [0.3, 0.4) is 0 Å². The highest BCUT2D eigenvalue weighted by molar-refractivity contribution is 6.30. The fourth-order valence-electron chi connectivity index (χ4n) is 7.38. The summed E-state index contributed by atoms with van der Waals surface area (Å²) in [6, 6.07) is 29.7. The molecule has 1 heterocycles. The lowest BCUT2D eigenvalue weighted by molar-refractivity contribution is 0.0726. The van der Waals surface area contributed by atoms with Crippen molar-refractivity contribution in [3.05, 3.63) is 124 Å². The Morgan fingerprint density at radius 3 is 1.89 bits per heavy atom. The molecule has 0 bridgehead atoms. The maximum Gasteiger partial charge on any atom is 0.212 e. The Labute approximate surface area is 269 Å². The fourth-order valence-corrected chi connectivity index (χ4v) is 7.50. The smallest absolute Gasteiger partial charge is 0.212 e. The third kappa shape index (κ3) is 7.81. The number of aromatic nitrogens is 1. The second-order valence-corrected chi connectivity index (χ2v) is 13.1. The lowest BCUT2D eigenvalue weighted by atomic mass is 9.73. The third-order valence-electron chi connectivity index (χ3n) is 9.53. The first-order valence-electron chi connectivity index (χ1n) is 16.4. The van der Waals surface area contributed by atoms with E-state index in [0.29, 0.717) is 24.3 Å². The second kappa shape index (κ2) is 15.4. The zero-order valence-corrected chi connectivity index (χ0v) is 27.6. The van der Waals surface area contributed by atoms with Crippen molar-refractivity contribution in [2.75, 3.05) is 27.2 Å². The van der Waals surface area contributed by atoms with Gasteiger partial charge in [-0.1, -0.05) is 98.2 Å². The van der Waals surface area contributed by atoms with Gasteiger partial charge in [-0.15, -0.1) is 0 Å². The van der Waals surface area contributed by atoms with Crippen molar-refractivity contribution in [2.45, 2.75) is 70.5 Å². The van der Waals surface area contributed by atoms with Crippen LogP contribution in [-0.2, 0) is 12.8 Å². The Hall–Kier alpha value is -2.96. The van der Waals surface area contributed by atoms with Gasteiger partial charge in [-0.3, -0.25) is 4.90 Å². The van der Waals surface area contributed by atoms with E-state index in [9.17, 15) is 0 Å². The molecule has 4 aromatic rings. The molecule has 3 unspecified atom stereocenters. The highest BCUT2D eigenvalue weighted by Crippen LogP contribution is 2.45. The van der Waals surface area contributed by atoms with Crippen molar-refractivity contribution < 1.29 is 4.42 Å². The molecule has 3 aromatic carbocycles. The van der Waals surface area contributed by atoms with Crippen LogP contribution in [0, 0.1) is 11.8 Å². The number of rotatable bonds is 13. The number of nitrogens with zero attached hydrogens (tertiary/aromatic N) is 3. The minimum atomic E-state index is -0.259. The van der Waals surface area contributed by atoms with E-state index in [1.54, 1.807) is 0 Å². The van der Waals surface area contributed by atoms with Crippen molar-refractivity contribution in [1.82, 2.24) is 14.8 Å². The molecule has 1 aliphatic carbocycles. The van der Waals surface area contributed by atoms with Crippen molar-refractivity contribution >= 4 is 11.6 Å². The summed E-state index contributed by atoms with van der Waals surface area (Å²) >= 11 is 6.23. The molecule has 6 heteroatoms. The first-order chi connectivity index (χ1) is 21.4. The van der Waals surface area contributed by atoms with E-state index in [0.717, 1.165) is 54.7 Å². The SMILES string of the molecule is CCN(CC)C(c1nc(Cc2ccccc2)c(C(N)Cc2ccccc2)o1)C1CCC(C(c2ccc(Cl)cc2)N(C)C)CC1. The summed E-state index contributed by atoms with van der Waals surface area (Å²) in [5.74, 6) is 2.73. The summed E-state index contributed by atoms with van der Waals surface area (Å²) in [6.45, 7) is 6.41. The van der Waals surface area contributed by atoms with Gasteiger partial charge in [0.15, 0.2) is 0 Å².